The van der Waals surface area contributed by atoms with Gasteiger partial charge in [-0.05, 0) is 12.0 Å². The molecule has 22 heavy (non-hydrogen) atoms. The summed E-state index contributed by atoms with van der Waals surface area (Å²) in [7, 11) is 0. The number of rotatable bonds is 2. The van der Waals surface area contributed by atoms with E-state index in [-0.39, 0.29) is 29.6 Å². The second kappa shape index (κ2) is 6.11. The quantitative estimate of drug-likeness (QED) is 0.857. The van der Waals surface area contributed by atoms with E-state index in [9.17, 15) is 14.7 Å². The number of hydrogen-bond acceptors (Lipinski definition) is 4. The Hall–Kier alpha value is -2.47. The molecule has 1 fully saturated rings. The van der Waals surface area contributed by atoms with E-state index in [2.05, 4.69) is 9.97 Å². The van der Waals surface area contributed by atoms with Gasteiger partial charge in [-0.25, -0.2) is 4.98 Å². The van der Waals surface area contributed by atoms with Crippen LogP contribution in [0.1, 0.15) is 28.4 Å². The van der Waals surface area contributed by atoms with Crippen LogP contribution in [0.2, 0.25) is 0 Å². The maximum absolute atomic E-state index is 12.3. The van der Waals surface area contributed by atoms with Crippen LogP contribution < -0.4 is 5.56 Å². The number of hydrogen-bond donors (Lipinski definition) is 2. The zero-order chi connectivity index (χ0) is 15.5. The van der Waals surface area contributed by atoms with Gasteiger partial charge in [-0.2, -0.15) is 0 Å². The fourth-order valence-corrected chi connectivity index (χ4v) is 2.83. The minimum Gasteiger partial charge on any atom is -0.391 e. The Morgan fingerprint density at radius 3 is 2.73 bits per heavy atom. The highest BCUT2D eigenvalue weighted by molar-refractivity contribution is 5.92. The van der Waals surface area contributed by atoms with Crippen molar-refractivity contribution < 1.29 is 9.90 Å². The highest BCUT2D eigenvalue weighted by Gasteiger charge is 2.31. The predicted octanol–water partition coefficient (Wildman–Crippen LogP) is 0.760. The van der Waals surface area contributed by atoms with Crippen LogP contribution in [0.25, 0.3) is 0 Å². The van der Waals surface area contributed by atoms with Crippen LogP contribution in [0.15, 0.2) is 47.5 Å². The highest BCUT2D eigenvalue weighted by atomic mass is 16.3. The summed E-state index contributed by atoms with van der Waals surface area (Å²) in [5, 5.41) is 10.4. The van der Waals surface area contributed by atoms with Crippen LogP contribution in [0.5, 0.6) is 0 Å². The normalized spacial score (nSPS) is 21.6. The van der Waals surface area contributed by atoms with E-state index in [1.54, 1.807) is 4.90 Å². The SMILES string of the molecule is O=C(c1c[nH]c(=O)cn1)N1CC[C@@H](c2ccccc2)[C@H](O)C1. The van der Waals surface area contributed by atoms with Crippen LogP contribution in [-0.2, 0) is 0 Å². The molecule has 6 heteroatoms. The van der Waals surface area contributed by atoms with Crippen LogP contribution in [0.3, 0.4) is 0 Å². The van der Waals surface area contributed by atoms with E-state index in [0.29, 0.717) is 13.0 Å². The van der Waals surface area contributed by atoms with Crippen molar-refractivity contribution in [1.82, 2.24) is 14.9 Å². The molecule has 1 amide bonds. The van der Waals surface area contributed by atoms with Crippen molar-refractivity contribution in [2.75, 3.05) is 13.1 Å². The molecule has 0 spiro atoms. The largest absolute Gasteiger partial charge is 0.391 e. The van der Waals surface area contributed by atoms with Gasteiger partial charge in [-0.3, -0.25) is 9.59 Å². The number of nitrogens with zero attached hydrogens (tertiary/aromatic N) is 2. The van der Waals surface area contributed by atoms with Crippen LogP contribution in [0.4, 0.5) is 0 Å². The van der Waals surface area contributed by atoms with Crippen molar-refractivity contribution in [2.45, 2.75) is 18.4 Å². The lowest BCUT2D eigenvalue weighted by atomic mass is 9.87. The van der Waals surface area contributed by atoms with Crippen LogP contribution in [-0.4, -0.2) is 45.1 Å². The molecule has 0 saturated carbocycles. The molecule has 1 aliphatic rings. The smallest absolute Gasteiger partial charge is 0.274 e. The van der Waals surface area contributed by atoms with Gasteiger partial charge in [0.2, 0.25) is 0 Å². The zero-order valence-electron chi connectivity index (χ0n) is 12.0. The number of aliphatic hydroxyl groups is 1. The Balaban J connectivity index is 1.71. The Morgan fingerprint density at radius 1 is 1.32 bits per heavy atom. The number of amides is 1. The number of β-amino-alcohol motifs (C(OH)–C–C–N with tert-alkyl or cyclic N) is 1. The Bertz CT molecular complexity index is 694. The average molecular weight is 299 g/mol. The molecule has 2 atom stereocenters. The van der Waals surface area contributed by atoms with E-state index in [0.717, 1.165) is 11.8 Å². The van der Waals surface area contributed by atoms with E-state index in [4.69, 9.17) is 0 Å². The summed E-state index contributed by atoms with van der Waals surface area (Å²) >= 11 is 0. The van der Waals surface area contributed by atoms with Crippen molar-refractivity contribution in [3.8, 4) is 0 Å². The summed E-state index contributed by atoms with van der Waals surface area (Å²) < 4.78 is 0. The summed E-state index contributed by atoms with van der Waals surface area (Å²) in [6.45, 7) is 0.815. The predicted molar refractivity (Wildman–Crippen MR) is 80.6 cm³/mol. The van der Waals surface area contributed by atoms with Gasteiger partial charge >= 0.3 is 0 Å². The molecule has 1 aromatic carbocycles. The van der Waals surface area contributed by atoms with Gasteiger partial charge < -0.3 is 15.0 Å². The average Bonchev–Trinajstić information content (AvgIpc) is 2.55. The number of nitrogens with one attached hydrogen (secondary N) is 1. The van der Waals surface area contributed by atoms with Crippen molar-refractivity contribution >= 4 is 5.91 Å². The topological polar surface area (TPSA) is 86.3 Å². The number of aromatic amines is 1. The number of piperidine rings is 1. The Morgan fingerprint density at radius 2 is 2.09 bits per heavy atom. The molecule has 0 bridgehead atoms. The maximum atomic E-state index is 12.3. The van der Waals surface area contributed by atoms with E-state index in [1.165, 1.54) is 6.20 Å². The lowest BCUT2D eigenvalue weighted by Crippen LogP contribution is -2.46. The van der Waals surface area contributed by atoms with Crippen LogP contribution in [0, 0.1) is 0 Å². The first-order valence-corrected chi connectivity index (χ1v) is 7.22. The van der Waals surface area contributed by atoms with Crippen molar-refractivity contribution in [3.63, 3.8) is 0 Å². The third-order valence-electron chi connectivity index (χ3n) is 3.99. The van der Waals surface area contributed by atoms with Crippen molar-refractivity contribution in [2.24, 2.45) is 0 Å². The Kier molecular flexibility index (Phi) is 4.02. The third kappa shape index (κ3) is 2.92. The molecule has 3 rings (SSSR count). The fourth-order valence-electron chi connectivity index (χ4n) is 2.83. The van der Waals surface area contributed by atoms with Gasteiger partial charge in [0.15, 0.2) is 0 Å². The highest BCUT2D eigenvalue weighted by Crippen LogP contribution is 2.28. The number of carbonyl (C=O) groups excluding carboxylic acids is 1. The minimum atomic E-state index is -0.608. The van der Waals surface area contributed by atoms with E-state index in [1.807, 2.05) is 30.3 Å². The first-order chi connectivity index (χ1) is 10.6. The summed E-state index contributed by atoms with van der Waals surface area (Å²) in [6.07, 6.45) is 2.48. The molecule has 1 aliphatic heterocycles. The maximum Gasteiger partial charge on any atom is 0.274 e. The third-order valence-corrected chi connectivity index (χ3v) is 3.99. The lowest BCUT2D eigenvalue weighted by molar-refractivity contribution is 0.0377. The molecule has 0 unspecified atom stereocenters. The molecule has 6 nitrogen and oxygen atoms in total. The number of aromatic nitrogens is 2. The van der Waals surface area contributed by atoms with Gasteiger partial charge in [-0.15, -0.1) is 0 Å². The monoisotopic (exact) mass is 299 g/mol. The number of likely N-dealkylation sites (tertiary alicyclic amines) is 1. The molecule has 2 N–H and O–H groups in total. The van der Waals surface area contributed by atoms with Crippen LogP contribution >= 0.6 is 0 Å². The first-order valence-electron chi connectivity index (χ1n) is 7.22. The zero-order valence-corrected chi connectivity index (χ0v) is 12.0. The molecule has 114 valence electrons. The van der Waals surface area contributed by atoms with Crippen molar-refractivity contribution in [1.29, 1.82) is 0 Å². The fraction of sp³-hybridized carbons (Fsp3) is 0.312. The van der Waals surface area contributed by atoms with E-state index >= 15 is 0 Å². The second-order valence-corrected chi connectivity index (χ2v) is 5.42. The standard InChI is InChI=1S/C16H17N3O3/c20-14-10-19(16(22)13-8-18-15(21)9-17-13)7-6-12(14)11-4-2-1-3-5-11/h1-5,8-9,12,14,20H,6-7,10H2,(H,18,21)/t12-,14+/m0/s1. The molecule has 0 radical (unpaired) electrons. The molecule has 1 saturated heterocycles. The van der Waals surface area contributed by atoms with Gasteiger partial charge in [0, 0.05) is 25.2 Å². The van der Waals surface area contributed by atoms with E-state index < -0.39 is 6.10 Å². The molecule has 0 aliphatic carbocycles. The lowest BCUT2D eigenvalue weighted by Gasteiger charge is -2.36. The van der Waals surface area contributed by atoms with Gasteiger partial charge in [0.25, 0.3) is 11.5 Å². The van der Waals surface area contributed by atoms with Gasteiger partial charge in [0.05, 0.1) is 12.3 Å². The molecular weight excluding hydrogens is 282 g/mol. The summed E-state index contributed by atoms with van der Waals surface area (Å²) in [5.41, 5.74) is 0.925. The summed E-state index contributed by atoms with van der Waals surface area (Å²) in [4.78, 5) is 31.2. The number of H-pyrrole nitrogens is 1. The van der Waals surface area contributed by atoms with Gasteiger partial charge in [0.1, 0.15) is 5.69 Å². The number of benzene rings is 1. The van der Waals surface area contributed by atoms with Gasteiger partial charge in [-0.1, -0.05) is 30.3 Å². The molecule has 2 heterocycles. The Labute approximate surface area is 127 Å². The first kappa shape index (κ1) is 14.5. The number of carbonyl (C=O) groups is 1. The second-order valence-electron chi connectivity index (χ2n) is 5.42. The molecule has 1 aromatic heterocycles. The summed E-state index contributed by atoms with van der Waals surface area (Å²) in [6, 6.07) is 9.83. The minimum absolute atomic E-state index is 0.0359. The molecule has 2 aromatic rings. The summed E-state index contributed by atoms with van der Waals surface area (Å²) in [5.74, 6) is -0.240. The number of aliphatic hydroxyl groups excluding tert-OH is 1. The van der Waals surface area contributed by atoms with Crippen molar-refractivity contribution in [3.05, 3.63) is 64.3 Å². The molecular formula is C16H17N3O3.